The molecule has 0 aliphatic heterocycles. The predicted molar refractivity (Wildman–Crippen MR) is 87.0 cm³/mol. The number of phenolic OH excluding ortho intramolecular Hbond substituents is 1. The molecule has 22 heavy (non-hydrogen) atoms. The lowest BCUT2D eigenvalue weighted by Crippen LogP contribution is -2.00. The molecule has 3 rings (SSSR count). The number of nitro groups is 1. The Morgan fingerprint density at radius 2 is 1.95 bits per heavy atom. The highest BCUT2D eigenvalue weighted by Gasteiger charge is 2.27. The fourth-order valence-corrected chi connectivity index (χ4v) is 2.99. The maximum Gasteiger partial charge on any atom is 0.277 e. The zero-order valence-corrected chi connectivity index (χ0v) is 13.4. The minimum atomic E-state index is -0.443. The molecular weight excluding hydrogens is 350 g/mol. The lowest BCUT2D eigenvalue weighted by molar-refractivity contribution is -0.386. The smallest absolute Gasteiger partial charge is 0.277 e. The molecule has 1 heterocycles. The Bertz CT molecular complexity index is 885. The number of nitrogens with one attached hydrogen (secondary N) is 1. The van der Waals surface area contributed by atoms with Gasteiger partial charge in [0.15, 0.2) is 0 Å². The number of para-hydroxylation sites is 2. The first-order chi connectivity index (χ1) is 10.4. The van der Waals surface area contributed by atoms with Crippen molar-refractivity contribution in [1.82, 2.24) is 9.97 Å². The Morgan fingerprint density at radius 3 is 2.59 bits per heavy atom. The molecule has 7 heteroatoms. The molecule has 0 radical (unpaired) electrons. The van der Waals surface area contributed by atoms with Crippen LogP contribution in [0.1, 0.15) is 11.1 Å². The van der Waals surface area contributed by atoms with E-state index in [0.717, 1.165) is 11.0 Å². The van der Waals surface area contributed by atoms with E-state index in [1.807, 2.05) is 24.3 Å². The lowest BCUT2D eigenvalue weighted by atomic mass is 10.0. The molecule has 0 aliphatic carbocycles. The number of aromatic amines is 1. The van der Waals surface area contributed by atoms with Gasteiger partial charge in [-0.15, -0.1) is 0 Å². The molecule has 112 valence electrons. The second kappa shape index (κ2) is 5.10. The SMILES string of the molecule is Cc1c(Br)c(O)c(-c2nc3ccccc3[nH]2)c(C)c1[N+](=O)[O-]. The summed E-state index contributed by atoms with van der Waals surface area (Å²) in [7, 11) is 0. The summed E-state index contributed by atoms with van der Waals surface area (Å²) in [6.07, 6.45) is 0. The van der Waals surface area contributed by atoms with Crippen LogP contribution in [0.3, 0.4) is 0 Å². The Balaban J connectivity index is 2.37. The van der Waals surface area contributed by atoms with E-state index in [9.17, 15) is 15.2 Å². The zero-order valence-electron chi connectivity index (χ0n) is 11.8. The van der Waals surface area contributed by atoms with E-state index in [0.29, 0.717) is 27.0 Å². The van der Waals surface area contributed by atoms with Gasteiger partial charge in [-0.3, -0.25) is 10.1 Å². The van der Waals surface area contributed by atoms with Crippen molar-refractivity contribution in [3.63, 3.8) is 0 Å². The average molecular weight is 362 g/mol. The van der Waals surface area contributed by atoms with Gasteiger partial charge in [0.25, 0.3) is 5.69 Å². The van der Waals surface area contributed by atoms with Crippen molar-refractivity contribution in [2.45, 2.75) is 13.8 Å². The first-order valence-electron chi connectivity index (χ1n) is 6.53. The fourth-order valence-electron chi connectivity index (χ4n) is 2.60. The molecule has 0 saturated carbocycles. The van der Waals surface area contributed by atoms with E-state index in [-0.39, 0.29) is 11.4 Å². The summed E-state index contributed by atoms with van der Waals surface area (Å²) < 4.78 is 0.306. The fraction of sp³-hybridized carbons (Fsp3) is 0.133. The summed E-state index contributed by atoms with van der Waals surface area (Å²) in [5.74, 6) is 0.347. The van der Waals surface area contributed by atoms with Crippen molar-refractivity contribution in [1.29, 1.82) is 0 Å². The second-order valence-electron chi connectivity index (χ2n) is 5.00. The van der Waals surface area contributed by atoms with E-state index >= 15 is 0 Å². The number of nitro benzene ring substituents is 1. The van der Waals surface area contributed by atoms with Crippen LogP contribution in [0.5, 0.6) is 5.75 Å². The minimum Gasteiger partial charge on any atom is -0.506 e. The number of halogens is 1. The Labute approximate surface area is 134 Å². The number of benzene rings is 2. The Kier molecular flexibility index (Phi) is 3.37. The Morgan fingerprint density at radius 1 is 1.27 bits per heavy atom. The summed E-state index contributed by atoms with van der Waals surface area (Å²) in [5, 5.41) is 21.7. The van der Waals surface area contributed by atoms with Crippen LogP contribution < -0.4 is 0 Å². The molecule has 2 aromatic carbocycles. The number of hydrogen-bond acceptors (Lipinski definition) is 4. The van der Waals surface area contributed by atoms with Crippen molar-refractivity contribution < 1.29 is 10.0 Å². The highest BCUT2D eigenvalue weighted by molar-refractivity contribution is 9.10. The maximum absolute atomic E-state index is 11.3. The number of H-pyrrole nitrogens is 1. The maximum atomic E-state index is 11.3. The molecule has 0 atom stereocenters. The van der Waals surface area contributed by atoms with Gasteiger partial charge in [0.1, 0.15) is 11.6 Å². The first kappa shape index (κ1) is 14.5. The highest BCUT2D eigenvalue weighted by Crippen LogP contribution is 2.44. The summed E-state index contributed by atoms with van der Waals surface area (Å²) in [4.78, 5) is 18.4. The number of nitrogens with zero attached hydrogens (tertiary/aromatic N) is 2. The van der Waals surface area contributed by atoms with Crippen molar-refractivity contribution in [2.24, 2.45) is 0 Å². The molecule has 0 saturated heterocycles. The van der Waals surface area contributed by atoms with E-state index in [1.54, 1.807) is 13.8 Å². The molecule has 0 aliphatic rings. The topological polar surface area (TPSA) is 92.1 Å². The molecule has 6 nitrogen and oxygen atoms in total. The van der Waals surface area contributed by atoms with Crippen molar-refractivity contribution in [3.8, 4) is 17.1 Å². The molecule has 1 aromatic heterocycles. The van der Waals surface area contributed by atoms with Gasteiger partial charge < -0.3 is 10.1 Å². The molecule has 0 unspecified atom stereocenters. The normalized spacial score (nSPS) is 11.0. The van der Waals surface area contributed by atoms with Crippen LogP contribution >= 0.6 is 15.9 Å². The van der Waals surface area contributed by atoms with Gasteiger partial charge in [-0.1, -0.05) is 12.1 Å². The molecule has 0 amide bonds. The van der Waals surface area contributed by atoms with Crippen LogP contribution in [0.25, 0.3) is 22.4 Å². The lowest BCUT2D eigenvalue weighted by Gasteiger charge is -2.11. The van der Waals surface area contributed by atoms with Gasteiger partial charge in [-0.25, -0.2) is 4.98 Å². The molecule has 0 spiro atoms. The van der Waals surface area contributed by atoms with Crippen molar-refractivity contribution in [2.75, 3.05) is 0 Å². The minimum absolute atomic E-state index is 0.0277. The standard InChI is InChI=1S/C15H12BrN3O3/c1-7-11(14(20)12(16)8(2)13(7)19(21)22)15-17-9-5-3-4-6-10(9)18-15/h3-6,20H,1-2H3,(H,17,18). The predicted octanol–water partition coefficient (Wildman–Crippen LogP) is 4.22. The molecule has 0 fully saturated rings. The third-order valence-electron chi connectivity index (χ3n) is 3.67. The average Bonchev–Trinajstić information content (AvgIpc) is 2.88. The molecule has 2 N–H and O–H groups in total. The van der Waals surface area contributed by atoms with Crippen molar-refractivity contribution in [3.05, 3.63) is 50.0 Å². The number of aromatic nitrogens is 2. The van der Waals surface area contributed by atoms with E-state index in [4.69, 9.17) is 0 Å². The molecule has 3 aromatic rings. The number of rotatable bonds is 2. The monoisotopic (exact) mass is 361 g/mol. The van der Waals surface area contributed by atoms with Gasteiger partial charge in [0, 0.05) is 11.1 Å². The van der Waals surface area contributed by atoms with Crippen LogP contribution in [0.15, 0.2) is 28.7 Å². The Hall–Kier alpha value is -2.41. The van der Waals surface area contributed by atoms with E-state index in [2.05, 4.69) is 25.9 Å². The number of fused-ring (bicyclic) bond motifs is 1. The summed E-state index contributed by atoms with van der Waals surface area (Å²) in [6.45, 7) is 3.21. The first-order valence-corrected chi connectivity index (χ1v) is 7.32. The van der Waals surface area contributed by atoms with E-state index in [1.165, 1.54) is 0 Å². The number of imidazole rings is 1. The number of phenols is 1. The third kappa shape index (κ3) is 2.05. The summed E-state index contributed by atoms with van der Waals surface area (Å²) >= 11 is 3.23. The zero-order chi connectivity index (χ0) is 16.0. The quantitative estimate of drug-likeness (QED) is 0.527. The van der Waals surface area contributed by atoms with Crippen LogP contribution in [-0.2, 0) is 0 Å². The van der Waals surface area contributed by atoms with Crippen LogP contribution in [0.2, 0.25) is 0 Å². The van der Waals surface area contributed by atoms with Crippen molar-refractivity contribution >= 4 is 32.7 Å². The van der Waals surface area contributed by atoms with Crippen LogP contribution in [-0.4, -0.2) is 20.0 Å². The summed E-state index contributed by atoms with van der Waals surface area (Å²) in [6, 6.07) is 7.41. The third-order valence-corrected chi connectivity index (χ3v) is 4.64. The molecule has 0 bridgehead atoms. The van der Waals surface area contributed by atoms with Gasteiger partial charge in [-0.2, -0.15) is 0 Å². The van der Waals surface area contributed by atoms with Gasteiger partial charge in [0.2, 0.25) is 0 Å². The van der Waals surface area contributed by atoms with Crippen LogP contribution in [0.4, 0.5) is 5.69 Å². The van der Waals surface area contributed by atoms with Gasteiger partial charge in [0.05, 0.1) is 26.0 Å². The van der Waals surface area contributed by atoms with E-state index < -0.39 is 4.92 Å². The largest absolute Gasteiger partial charge is 0.506 e. The van der Waals surface area contributed by atoms with Gasteiger partial charge >= 0.3 is 0 Å². The molecular formula is C15H12BrN3O3. The van der Waals surface area contributed by atoms with Crippen LogP contribution in [0, 0.1) is 24.0 Å². The summed E-state index contributed by atoms with van der Waals surface area (Å²) in [5.41, 5.74) is 2.61. The number of hydrogen-bond donors (Lipinski definition) is 2. The second-order valence-corrected chi connectivity index (χ2v) is 5.79. The highest BCUT2D eigenvalue weighted by atomic mass is 79.9. The van der Waals surface area contributed by atoms with Gasteiger partial charge in [-0.05, 0) is 41.9 Å². The number of aromatic hydroxyl groups is 1.